The number of nitrogens with zero attached hydrogens (tertiary/aromatic N) is 1. The summed E-state index contributed by atoms with van der Waals surface area (Å²) in [5.74, 6) is 1.63. The van der Waals surface area contributed by atoms with Crippen molar-refractivity contribution in [3.63, 3.8) is 0 Å². The van der Waals surface area contributed by atoms with Crippen molar-refractivity contribution in [2.75, 3.05) is 33.3 Å². The first-order chi connectivity index (χ1) is 13.3. The Morgan fingerprint density at radius 2 is 1.78 bits per heavy atom. The Hall–Kier alpha value is -2.04. The molecule has 0 bridgehead atoms. The van der Waals surface area contributed by atoms with Crippen LogP contribution in [0.3, 0.4) is 0 Å². The van der Waals surface area contributed by atoms with E-state index in [-0.39, 0.29) is 0 Å². The van der Waals surface area contributed by atoms with E-state index < -0.39 is 0 Å². The second-order valence-electron chi connectivity index (χ2n) is 7.97. The van der Waals surface area contributed by atoms with Gasteiger partial charge < -0.3 is 14.8 Å². The molecule has 2 aliphatic heterocycles. The Labute approximate surface area is 162 Å². The van der Waals surface area contributed by atoms with E-state index in [0.29, 0.717) is 12.0 Å². The number of benzene rings is 2. The fraction of sp³-hybridized carbons (Fsp3) is 0.478. The molecule has 1 N–H and O–H groups in total. The first-order valence-electron chi connectivity index (χ1n) is 10.0. The first kappa shape index (κ1) is 18.3. The quantitative estimate of drug-likeness (QED) is 0.842. The Morgan fingerprint density at radius 3 is 2.56 bits per heavy atom. The summed E-state index contributed by atoms with van der Waals surface area (Å²) in [6.45, 7) is 6.33. The zero-order valence-electron chi connectivity index (χ0n) is 16.2. The average molecular weight is 367 g/mol. The molecule has 2 aliphatic rings. The Morgan fingerprint density at radius 1 is 0.963 bits per heavy atom. The van der Waals surface area contributed by atoms with Gasteiger partial charge in [-0.05, 0) is 67.6 Å². The van der Waals surface area contributed by atoms with Gasteiger partial charge in [-0.2, -0.15) is 0 Å². The summed E-state index contributed by atoms with van der Waals surface area (Å²) < 4.78 is 11.6. The molecule has 0 aromatic heterocycles. The highest BCUT2D eigenvalue weighted by atomic mass is 16.5. The topological polar surface area (TPSA) is 33.7 Å². The van der Waals surface area contributed by atoms with Crippen LogP contribution in [0.15, 0.2) is 48.5 Å². The van der Waals surface area contributed by atoms with Crippen molar-refractivity contribution < 1.29 is 9.47 Å². The van der Waals surface area contributed by atoms with Gasteiger partial charge in [-0.3, -0.25) is 4.90 Å². The minimum absolute atomic E-state index is 0.550. The molecule has 4 heteroatoms. The van der Waals surface area contributed by atoms with Gasteiger partial charge in [0.1, 0.15) is 6.61 Å². The number of nitrogens with one attached hydrogen (secondary N) is 1. The number of rotatable bonds is 6. The van der Waals surface area contributed by atoms with Gasteiger partial charge in [-0.15, -0.1) is 0 Å². The van der Waals surface area contributed by atoms with Crippen molar-refractivity contribution in [3.8, 4) is 11.5 Å². The molecule has 144 valence electrons. The minimum atomic E-state index is 0.550. The summed E-state index contributed by atoms with van der Waals surface area (Å²) in [5, 5.41) is 3.50. The third-order valence-electron chi connectivity index (χ3n) is 6.05. The van der Waals surface area contributed by atoms with Gasteiger partial charge in [-0.1, -0.05) is 36.4 Å². The van der Waals surface area contributed by atoms with E-state index >= 15 is 0 Å². The predicted octanol–water partition coefficient (Wildman–Crippen LogP) is 3.85. The lowest BCUT2D eigenvalue weighted by Crippen LogP contribution is -2.38. The van der Waals surface area contributed by atoms with E-state index in [2.05, 4.69) is 34.5 Å². The monoisotopic (exact) mass is 366 g/mol. The van der Waals surface area contributed by atoms with Gasteiger partial charge in [0.2, 0.25) is 0 Å². The van der Waals surface area contributed by atoms with Crippen LogP contribution < -0.4 is 14.8 Å². The molecule has 2 aromatic carbocycles. The van der Waals surface area contributed by atoms with Crippen LogP contribution >= 0.6 is 0 Å². The van der Waals surface area contributed by atoms with Crippen LogP contribution in [0.25, 0.3) is 0 Å². The molecule has 0 saturated carbocycles. The van der Waals surface area contributed by atoms with Crippen molar-refractivity contribution in [2.45, 2.75) is 32.4 Å². The molecule has 0 radical (unpaired) electrons. The Balaban J connectivity index is 1.38. The van der Waals surface area contributed by atoms with Crippen molar-refractivity contribution >= 4 is 0 Å². The lowest BCUT2D eigenvalue weighted by Gasteiger charge is -2.34. The lowest BCUT2D eigenvalue weighted by atomic mass is 9.78. The first-order valence-corrected chi connectivity index (χ1v) is 10.0. The van der Waals surface area contributed by atoms with Crippen LogP contribution in [0.2, 0.25) is 0 Å². The molecule has 0 unspecified atom stereocenters. The highest BCUT2D eigenvalue weighted by Crippen LogP contribution is 2.39. The van der Waals surface area contributed by atoms with Gasteiger partial charge in [0.15, 0.2) is 11.5 Å². The van der Waals surface area contributed by atoms with Crippen LogP contribution in [0.5, 0.6) is 11.5 Å². The molecular weight excluding hydrogens is 336 g/mol. The third kappa shape index (κ3) is 4.45. The highest BCUT2D eigenvalue weighted by Gasteiger charge is 2.38. The van der Waals surface area contributed by atoms with E-state index in [9.17, 15) is 0 Å². The van der Waals surface area contributed by atoms with Crippen molar-refractivity contribution in [1.82, 2.24) is 10.2 Å². The maximum absolute atomic E-state index is 5.98. The smallest absolute Gasteiger partial charge is 0.161 e. The number of hydrogen-bond donors (Lipinski definition) is 1. The molecule has 2 saturated heterocycles. The molecule has 0 atom stereocenters. The lowest BCUT2D eigenvalue weighted by molar-refractivity contribution is 0.194. The minimum Gasteiger partial charge on any atom is -0.493 e. The predicted molar refractivity (Wildman–Crippen MR) is 108 cm³/mol. The maximum Gasteiger partial charge on any atom is 0.161 e. The molecular formula is C23H30N2O2. The average Bonchev–Trinajstić information content (AvgIpc) is 3.09. The van der Waals surface area contributed by atoms with E-state index in [1.54, 1.807) is 7.11 Å². The van der Waals surface area contributed by atoms with Crippen molar-refractivity contribution in [3.05, 3.63) is 59.7 Å². The van der Waals surface area contributed by atoms with Crippen LogP contribution in [-0.2, 0) is 13.2 Å². The Kier molecular flexibility index (Phi) is 5.65. The summed E-state index contributed by atoms with van der Waals surface area (Å²) in [6.07, 6.45) is 3.97. The number of hydrogen-bond acceptors (Lipinski definition) is 4. The fourth-order valence-corrected chi connectivity index (χ4v) is 4.45. The van der Waals surface area contributed by atoms with Crippen molar-refractivity contribution in [1.29, 1.82) is 0 Å². The number of methoxy groups -OCH3 is 1. The van der Waals surface area contributed by atoms with Gasteiger partial charge in [0, 0.05) is 13.1 Å². The van der Waals surface area contributed by atoms with Crippen LogP contribution in [-0.4, -0.2) is 38.2 Å². The molecule has 2 heterocycles. The standard InChI is InChI=1S/C23H30N2O2/c1-26-22-15-20(7-8-21(22)27-17-19-5-3-2-4-6-19)16-25-14-11-23(18-25)9-12-24-13-10-23/h2-8,15,24H,9-14,16-18H2,1H3. The van der Waals surface area contributed by atoms with Crippen molar-refractivity contribution in [2.24, 2.45) is 5.41 Å². The summed E-state index contributed by atoms with van der Waals surface area (Å²) in [7, 11) is 1.72. The zero-order chi connectivity index (χ0) is 18.5. The molecule has 2 fully saturated rings. The second-order valence-corrected chi connectivity index (χ2v) is 7.97. The molecule has 0 amide bonds. The third-order valence-corrected chi connectivity index (χ3v) is 6.05. The summed E-state index contributed by atoms with van der Waals surface area (Å²) in [6, 6.07) is 16.6. The molecule has 0 aliphatic carbocycles. The van der Waals surface area contributed by atoms with Crippen LogP contribution in [0, 0.1) is 5.41 Å². The summed E-state index contributed by atoms with van der Waals surface area (Å²) in [5.41, 5.74) is 3.01. The maximum atomic E-state index is 5.98. The zero-order valence-corrected chi connectivity index (χ0v) is 16.2. The van der Waals surface area contributed by atoms with Crippen LogP contribution in [0.4, 0.5) is 0 Å². The normalized spacial score (nSPS) is 19.3. The van der Waals surface area contributed by atoms with Crippen LogP contribution in [0.1, 0.15) is 30.4 Å². The largest absolute Gasteiger partial charge is 0.493 e. The summed E-state index contributed by atoms with van der Waals surface area (Å²) >= 11 is 0. The van der Waals surface area contributed by atoms with Gasteiger partial charge in [0.25, 0.3) is 0 Å². The van der Waals surface area contributed by atoms with E-state index in [0.717, 1.165) is 23.6 Å². The van der Waals surface area contributed by atoms with E-state index in [4.69, 9.17) is 9.47 Å². The molecule has 4 nitrogen and oxygen atoms in total. The number of ether oxygens (including phenoxy) is 2. The van der Waals surface area contributed by atoms with Gasteiger partial charge in [-0.25, -0.2) is 0 Å². The molecule has 4 rings (SSSR count). The van der Waals surface area contributed by atoms with Gasteiger partial charge >= 0.3 is 0 Å². The highest BCUT2D eigenvalue weighted by molar-refractivity contribution is 5.43. The SMILES string of the molecule is COc1cc(CN2CCC3(CCNCC3)C2)ccc1OCc1ccccc1. The number of piperidine rings is 1. The fourth-order valence-electron chi connectivity index (χ4n) is 4.45. The Bertz CT molecular complexity index is 741. The molecule has 27 heavy (non-hydrogen) atoms. The van der Waals surface area contributed by atoms with E-state index in [1.807, 2.05) is 24.3 Å². The number of likely N-dealkylation sites (tertiary alicyclic amines) is 1. The van der Waals surface area contributed by atoms with E-state index in [1.165, 1.54) is 51.0 Å². The summed E-state index contributed by atoms with van der Waals surface area (Å²) in [4.78, 5) is 2.60. The second kappa shape index (κ2) is 8.32. The molecule has 1 spiro atoms. The van der Waals surface area contributed by atoms with Gasteiger partial charge in [0.05, 0.1) is 7.11 Å². The molecule has 2 aromatic rings.